The number of hydrogen-bond donors (Lipinski definition) is 1. The molecule has 1 unspecified atom stereocenters. The van der Waals surface area contributed by atoms with E-state index in [1.54, 1.807) is 0 Å². The van der Waals surface area contributed by atoms with Gasteiger partial charge >= 0.3 is 7.82 Å². The van der Waals surface area contributed by atoms with Crippen molar-refractivity contribution in [1.29, 1.82) is 0 Å². The van der Waals surface area contributed by atoms with Crippen molar-refractivity contribution in [2.75, 3.05) is 54.1 Å². The summed E-state index contributed by atoms with van der Waals surface area (Å²) in [5, 5.41) is 0. The summed E-state index contributed by atoms with van der Waals surface area (Å²) in [5.41, 5.74) is 0. The molecule has 24 heavy (non-hydrogen) atoms. The third-order valence-corrected chi connectivity index (χ3v) is 4.66. The summed E-state index contributed by atoms with van der Waals surface area (Å²) in [5.74, 6) is 0. The van der Waals surface area contributed by atoms with Crippen LogP contribution in [0.3, 0.4) is 0 Å². The van der Waals surface area contributed by atoms with Crippen LogP contribution >= 0.6 is 7.82 Å². The maximum absolute atomic E-state index is 11.6. The summed E-state index contributed by atoms with van der Waals surface area (Å²) >= 11 is 0. The van der Waals surface area contributed by atoms with E-state index in [4.69, 9.17) is 13.8 Å². The fourth-order valence-corrected chi connectivity index (χ4v) is 2.81. The smallest absolute Gasteiger partial charge is 0.379 e. The highest BCUT2D eigenvalue weighted by Gasteiger charge is 2.22. The van der Waals surface area contributed by atoms with E-state index in [1.807, 2.05) is 21.1 Å². The molecule has 6 nitrogen and oxygen atoms in total. The first-order valence-corrected chi connectivity index (χ1v) is 10.8. The fraction of sp³-hybridized carbons (Fsp3) is 1.00. The number of hydrogen-bond acceptors (Lipinski definition) is 4. The Bertz CT molecular complexity index is 333. The predicted molar refractivity (Wildman–Crippen MR) is 98.1 cm³/mol. The Hall–Kier alpha value is 0.0300. The number of phosphoric ester groups is 1. The van der Waals surface area contributed by atoms with Gasteiger partial charge in [0.05, 0.1) is 34.4 Å². The van der Waals surface area contributed by atoms with Gasteiger partial charge in [0.15, 0.2) is 0 Å². The minimum atomic E-state index is -3.95. The molecule has 0 spiro atoms. The first-order chi connectivity index (χ1) is 11.3. The quantitative estimate of drug-likeness (QED) is 0.239. The highest BCUT2D eigenvalue weighted by molar-refractivity contribution is 7.47. The molecule has 0 aromatic rings. The first-order valence-electron chi connectivity index (χ1n) is 9.27. The van der Waals surface area contributed by atoms with Gasteiger partial charge in [0.25, 0.3) is 0 Å². The third kappa shape index (κ3) is 18.4. The topological polar surface area (TPSA) is 65.0 Å². The molecular formula is C17H39NO5P+. The van der Waals surface area contributed by atoms with Crippen LogP contribution in [0.5, 0.6) is 0 Å². The summed E-state index contributed by atoms with van der Waals surface area (Å²) in [6.45, 7) is 4.14. The van der Waals surface area contributed by atoms with Crippen LogP contribution in [0.1, 0.15) is 58.3 Å². The number of phosphoric acid groups is 1. The molecule has 0 radical (unpaired) electrons. The Balaban J connectivity index is 3.38. The van der Waals surface area contributed by atoms with Gasteiger partial charge in [-0.15, -0.1) is 0 Å². The molecule has 1 atom stereocenters. The van der Waals surface area contributed by atoms with E-state index >= 15 is 0 Å². The van der Waals surface area contributed by atoms with Crippen molar-refractivity contribution in [3.05, 3.63) is 0 Å². The molecule has 7 heteroatoms. The molecule has 0 fully saturated rings. The molecule has 0 saturated heterocycles. The molecule has 0 aromatic carbocycles. The minimum absolute atomic E-state index is 0.0785. The maximum atomic E-state index is 11.6. The van der Waals surface area contributed by atoms with Crippen LogP contribution in [0.2, 0.25) is 0 Å². The van der Waals surface area contributed by atoms with Gasteiger partial charge in [-0.1, -0.05) is 51.9 Å². The summed E-state index contributed by atoms with van der Waals surface area (Å²) in [4.78, 5) is 9.52. The normalized spacial score (nSPS) is 14.7. The third-order valence-electron chi connectivity index (χ3n) is 3.64. The minimum Gasteiger partial charge on any atom is -0.379 e. The molecule has 146 valence electrons. The second-order valence-corrected chi connectivity index (χ2v) is 8.69. The van der Waals surface area contributed by atoms with E-state index in [0.29, 0.717) is 24.2 Å². The lowest BCUT2D eigenvalue weighted by atomic mass is 10.1. The van der Waals surface area contributed by atoms with Gasteiger partial charge in [0.2, 0.25) is 0 Å². The van der Waals surface area contributed by atoms with Gasteiger partial charge in [-0.2, -0.15) is 0 Å². The standard InChI is InChI=1S/C17H38NO5P/c1-5-6-7-8-9-10-11-12-14-21-16-17-23-24(19,20)22-15-13-18(2,3)4/h5-17H2,1-4H3/p+1. The van der Waals surface area contributed by atoms with Crippen LogP contribution in [-0.2, 0) is 18.3 Å². The van der Waals surface area contributed by atoms with Crippen LogP contribution in [0.15, 0.2) is 0 Å². The van der Waals surface area contributed by atoms with Crippen molar-refractivity contribution in [1.82, 2.24) is 0 Å². The van der Waals surface area contributed by atoms with Gasteiger partial charge in [-0.05, 0) is 6.42 Å². The van der Waals surface area contributed by atoms with E-state index in [2.05, 4.69) is 6.92 Å². The van der Waals surface area contributed by atoms with Crippen LogP contribution in [0, 0.1) is 0 Å². The van der Waals surface area contributed by atoms with E-state index in [9.17, 15) is 9.46 Å². The highest BCUT2D eigenvalue weighted by atomic mass is 31.2. The Morgan fingerprint density at radius 1 is 0.792 bits per heavy atom. The average Bonchev–Trinajstić information content (AvgIpc) is 2.46. The number of likely N-dealkylation sites (N-methyl/N-ethyl adjacent to an activating group) is 1. The zero-order valence-corrected chi connectivity index (χ0v) is 17.1. The van der Waals surface area contributed by atoms with Crippen molar-refractivity contribution in [2.24, 2.45) is 0 Å². The van der Waals surface area contributed by atoms with Gasteiger partial charge < -0.3 is 14.1 Å². The molecule has 1 N–H and O–H groups in total. The van der Waals surface area contributed by atoms with Crippen LogP contribution in [0.4, 0.5) is 0 Å². The number of unbranched alkanes of at least 4 members (excludes halogenated alkanes) is 7. The lowest BCUT2D eigenvalue weighted by Crippen LogP contribution is -2.37. The van der Waals surface area contributed by atoms with Gasteiger partial charge in [-0.25, -0.2) is 4.57 Å². The van der Waals surface area contributed by atoms with Crippen molar-refractivity contribution in [2.45, 2.75) is 58.3 Å². The molecule has 0 bridgehead atoms. The second-order valence-electron chi connectivity index (χ2n) is 7.24. The molecular weight excluding hydrogens is 329 g/mol. The molecule has 0 aromatic heterocycles. The Morgan fingerprint density at radius 2 is 1.33 bits per heavy atom. The molecule has 0 rings (SSSR count). The Labute approximate surface area is 148 Å². The molecule has 0 aliphatic rings. The van der Waals surface area contributed by atoms with Crippen LogP contribution in [-0.4, -0.2) is 63.5 Å². The number of rotatable bonds is 17. The largest absolute Gasteiger partial charge is 0.472 e. The van der Waals surface area contributed by atoms with E-state index in [1.165, 1.54) is 44.9 Å². The van der Waals surface area contributed by atoms with Crippen LogP contribution in [0.25, 0.3) is 0 Å². The van der Waals surface area contributed by atoms with Gasteiger partial charge in [0, 0.05) is 6.61 Å². The van der Waals surface area contributed by atoms with Gasteiger partial charge in [0.1, 0.15) is 13.2 Å². The van der Waals surface area contributed by atoms with Crippen molar-refractivity contribution in [3.8, 4) is 0 Å². The monoisotopic (exact) mass is 368 g/mol. The number of ether oxygens (including phenoxy) is 1. The molecule has 0 aliphatic carbocycles. The van der Waals surface area contributed by atoms with Crippen molar-refractivity contribution < 1.29 is 27.7 Å². The number of quaternary nitrogens is 1. The molecule has 0 amide bonds. The lowest BCUT2D eigenvalue weighted by molar-refractivity contribution is -0.870. The fourth-order valence-electron chi connectivity index (χ4n) is 2.12. The van der Waals surface area contributed by atoms with E-state index in [0.717, 1.165) is 6.42 Å². The summed E-state index contributed by atoms with van der Waals surface area (Å²) in [6.07, 6.45) is 10.1. The maximum Gasteiger partial charge on any atom is 0.472 e. The van der Waals surface area contributed by atoms with Crippen molar-refractivity contribution >= 4 is 7.82 Å². The SMILES string of the molecule is CCCCCCCCCCOCCOP(=O)(O)OCC[N+](C)(C)C. The van der Waals surface area contributed by atoms with E-state index in [-0.39, 0.29) is 13.2 Å². The lowest BCUT2D eigenvalue weighted by Gasteiger charge is -2.24. The zero-order valence-electron chi connectivity index (χ0n) is 16.2. The zero-order chi connectivity index (χ0) is 18.3. The first kappa shape index (κ1) is 24.0. The Morgan fingerprint density at radius 3 is 1.92 bits per heavy atom. The summed E-state index contributed by atoms with van der Waals surface area (Å²) in [6, 6.07) is 0. The predicted octanol–water partition coefficient (Wildman–Crippen LogP) is 3.98. The molecule has 0 saturated carbocycles. The Kier molecular flexibility index (Phi) is 14.2. The van der Waals surface area contributed by atoms with Crippen molar-refractivity contribution in [3.63, 3.8) is 0 Å². The van der Waals surface area contributed by atoms with Gasteiger partial charge in [-0.3, -0.25) is 9.05 Å². The second kappa shape index (κ2) is 14.2. The average molecular weight is 368 g/mol. The van der Waals surface area contributed by atoms with Crippen LogP contribution < -0.4 is 0 Å². The summed E-state index contributed by atoms with van der Waals surface area (Å²) in [7, 11) is 2.03. The van der Waals surface area contributed by atoms with E-state index < -0.39 is 7.82 Å². The number of nitrogens with zero attached hydrogens (tertiary/aromatic N) is 1. The highest BCUT2D eigenvalue weighted by Crippen LogP contribution is 2.42. The molecule has 0 aliphatic heterocycles. The summed E-state index contributed by atoms with van der Waals surface area (Å²) < 4.78 is 27.5. The molecule has 0 heterocycles.